The lowest BCUT2D eigenvalue weighted by Gasteiger charge is -2.14. The van der Waals surface area contributed by atoms with E-state index in [1.165, 1.54) is 19.2 Å². The number of non-ortho nitro benzene ring substituents is 1. The first kappa shape index (κ1) is 17.2. The molecule has 1 rings (SSSR count). The van der Waals surface area contributed by atoms with Crippen LogP contribution in [0.15, 0.2) is 17.3 Å². The van der Waals surface area contributed by atoms with Crippen LogP contribution in [-0.2, 0) is 17.7 Å². The molecule has 0 atom stereocenters. The fourth-order valence-electron chi connectivity index (χ4n) is 1.96. The predicted molar refractivity (Wildman–Crippen MR) is 82.6 cm³/mol. The number of benzene rings is 1. The Labute approximate surface area is 127 Å². The molecule has 9 heteroatoms. The number of aryl methyl sites for hydroxylation is 2. The predicted octanol–water partition coefficient (Wildman–Crippen LogP) is 1.72. The maximum absolute atomic E-state index is 11.9. The van der Waals surface area contributed by atoms with Crippen molar-refractivity contribution in [2.45, 2.75) is 26.7 Å². The Balaban J connectivity index is 3.10. The van der Waals surface area contributed by atoms with Crippen LogP contribution in [0, 0.1) is 10.1 Å². The first-order valence-corrected chi connectivity index (χ1v) is 6.67. The summed E-state index contributed by atoms with van der Waals surface area (Å²) < 4.78 is 0. The molecule has 0 fully saturated rings. The Morgan fingerprint density at radius 3 is 2.32 bits per heavy atom. The van der Waals surface area contributed by atoms with Crippen LogP contribution in [0.4, 0.5) is 16.2 Å². The number of anilines is 1. The van der Waals surface area contributed by atoms with Crippen LogP contribution in [0.1, 0.15) is 25.0 Å². The Morgan fingerprint density at radius 1 is 1.36 bits per heavy atom. The van der Waals surface area contributed by atoms with Crippen molar-refractivity contribution in [3.8, 4) is 0 Å². The van der Waals surface area contributed by atoms with E-state index in [9.17, 15) is 14.9 Å². The van der Waals surface area contributed by atoms with E-state index in [1.54, 1.807) is 0 Å². The van der Waals surface area contributed by atoms with Crippen LogP contribution >= 0.6 is 0 Å². The standard InChI is InChI=1S/C13H19N5O4/c1-4-8-6-10(18(20)21)7-9(5-2)11(8)15-13(19)16-12(14)17-22-3/h6-7H,4-5H2,1-3H3,(H4,14,15,16,17,19). The second-order valence-corrected chi connectivity index (χ2v) is 4.34. The highest BCUT2D eigenvalue weighted by atomic mass is 16.6. The average molecular weight is 309 g/mol. The summed E-state index contributed by atoms with van der Waals surface area (Å²) >= 11 is 0. The number of nitro benzene ring substituents is 1. The summed E-state index contributed by atoms with van der Waals surface area (Å²) in [4.78, 5) is 26.8. The zero-order chi connectivity index (χ0) is 16.7. The molecule has 0 unspecified atom stereocenters. The first-order valence-electron chi connectivity index (χ1n) is 6.67. The molecule has 0 aliphatic rings. The number of nitrogens with one attached hydrogen (secondary N) is 2. The van der Waals surface area contributed by atoms with E-state index in [-0.39, 0.29) is 11.6 Å². The summed E-state index contributed by atoms with van der Waals surface area (Å²) in [7, 11) is 1.30. The van der Waals surface area contributed by atoms with Crippen molar-refractivity contribution in [3.63, 3.8) is 0 Å². The second-order valence-electron chi connectivity index (χ2n) is 4.34. The number of nitro groups is 1. The van der Waals surface area contributed by atoms with Gasteiger partial charge in [0.15, 0.2) is 0 Å². The van der Waals surface area contributed by atoms with Gasteiger partial charge in [-0.05, 0) is 29.1 Å². The number of urea groups is 1. The van der Waals surface area contributed by atoms with Crippen molar-refractivity contribution in [2.24, 2.45) is 10.9 Å². The maximum Gasteiger partial charge on any atom is 0.326 e. The van der Waals surface area contributed by atoms with Gasteiger partial charge in [0.2, 0.25) is 5.96 Å². The molecule has 0 saturated carbocycles. The van der Waals surface area contributed by atoms with Crippen LogP contribution in [0.25, 0.3) is 0 Å². The Kier molecular flexibility index (Phi) is 6.11. The van der Waals surface area contributed by atoms with Crippen molar-refractivity contribution >= 4 is 23.4 Å². The van der Waals surface area contributed by atoms with Gasteiger partial charge in [-0.2, -0.15) is 0 Å². The summed E-state index contributed by atoms with van der Waals surface area (Å²) in [6.45, 7) is 3.70. The molecule has 1 aromatic rings. The van der Waals surface area contributed by atoms with Gasteiger partial charge in [0, 0.05) is 17.8 Å². The summed E-state index contributed by atoms with van der Waals surface area (Å²) in [5, 5.41) is 19.2. The topological polar surface area (TPSA) is 132 Å². The summed E-state index contributed by atoms with van der Waals surface area (Å²) in [5.74, 6) is -0.196. The fraction of sp³-hybridized carbons (Fsp3) is 0.385. The number of rotatable bonds is 5. The molecule has 0 aliphatic heterocycles. The van der Waals surface area contributed by atoms with E-state index < -0.39 is 11.0 Å². The molecule has 120 valence electrons. The van der Waals surface area contributed by atoms with E-state index >= 15 is 0 Å². The van der Waals surface area contributed by atoms with Gasteiger partial charge < -0.3 is 15.9 Å². The van der Waals surface area contributed by atoms with Gasteiger partial charge in [0.05, 0.1) is 4.92 Å². The highest BCUT2D eigenvalue weighted by molar-refractivity contribution is 6.02. The first-order chi connectivity index (χ1) is 10.4. The van der Waals surface area contributed by atoms with Gasteiger partial charge in [0.1, 0.15) is 7.11 Å². The van der Waals surface area contributed by atoms with Crippen LogP contribution in [0.2, 0.25) is 0 Å². The van der Waals surface area contributed by atoms with Crippen LogP contribution in [0.5, 0.6) is 0 Å². The van der Waals surface area contributed by atoms with Crippen molar-refractivity contribution in [2.75, 3.05) is 12.4 Å². The van der Waals surface area contributed by atoms with Gasteiger partial charge in [-0.3, -0.25) is 15.4 Å². The summed E-state index contributed by atoms with van der Waals surface area (Å²) in [6.07, 6.45) is 1.07. The van der Waals surface area contributed by atoms with E-state index in [0.717, 1.165) is 0 Å². The van der Waals surface area contributed by atoms with Crippen LogP contribution < -0.4 is 16.4 Å². The lowest BCUT2D eigenvalue weighted by atomic mass is 10.0. The number of carbonyl (C=O) groups excluding carboxylic acids is 1. The van der Waals surface area contributed by atoms with Gasteiger partial charge in [-0.25, -0.2) is 4.79 Å². The Morgan fingerprint density at radius 2 is 1.91 bits per heavy atom. The third-order valence-corrected chi connectivity index (χ3v) is 2.93. The highest BCUT2D eigenvalue weighted by Gasteiger charge is 2.17. The smallest absolute Gasteiger partial charge is 0.326 e. The number of guanidine groups is 1. The third kappa shape index (κ3) is 4.33. The molecule has 0 aliphatic carbocycles. The Bertz CT molecular complexity index is 575. The molecule has 0 heterocycles. The summed E-state index contributed by atoms with van der Waals surface area (Å²) in [6, 6.07) is 2.29. The number of oxime groups is 1. The molecule has 4 N–H and O–H groups in total. The fourth-order valence-corrected chi connectivity index (χ4v) is 1.96. The number of amides is 2. The summed E-state index contributed by atoms with van der Waals surface area (Å²) in [5.41, 5.74) is 7.29. The van der Waals surface area contributed by atoms with Crippen LogP contribution in [-0.4, -0.2) is 24.0 Å². The molecule has 0 bridgehead atoms. The number of carbonyl (C=O) groups is 1. The SMILES string of the molecule is CCc1cc([N+](=O)[O-])cc(CC)c1NC(=O)NC(N)=NOC. The number of hydrogen-bond acceptors (Lipinski definition) is 5. The molecule has 0 aromatic heterocycles. The van der Waals surface area contributed by atoms with E-state index in [1.807, 2.05) is 13.8 Å². The monoisotopic (exact) mass is 309 g/mol. The van der Waals surface area contributed by atoms with Crippen LogP contribution in [0.3, 0.4) is 0 Å². The highest BCUT2D eigenvalue weighted by Crippen LogP contribution is 2.28. The molecule has 9 nitrogen and oxygen atoms in total. The van der Waals surface area contributed by atoms with Crippen molar-refractivity contribution in [1.82, 2.24) is 5.32 Å². The molecule has 2 amide bonds. The minimum Gasteiger partial charge on any atom is -0.396 e. The largest absolute Gasteiger partial charge is 0.396 e. The van der Waals surface area contributed by atoms with E-state index in [2.05, 4.69) is 20.6 Å². The Hall–Kier alpha value is -2.84. The lowest BCUT2D eigenvalue weighted by molar-refractivity contribution is -0.385. The quantitative estimate of drug-likeness (QED) is 0.330. The minimum absolute atomic E-state index is 0.000109. The molecular formula is C13H19N5O4. The van der Waals surface area contributed by atoms with E-state index in [0.29, 0.717) is 29.7 Å². The number of hydrogen-bond donors (Lipinski definition) is 3. The van der Waals surface area contributed by atoms with Crippen molar-refractivity contribution < 1.29 is 14.6 Å². The van der Waals surface area contributed by atoms with Gasteiger partial charge in [0.25, 0.3) is 5.69 Å². The van der Waals surface area contributed by atoms with Gasteiger partial charge in [-0.1, -0.05) is 13.8 Å². The van der Waals surface area contributed by atoms with Gasteiger partial charge in [-0.15, -0.1) is 0 Å². The lowest BCUT2D eigenvalue weighted by Crippen LogP contribution is -2.40. The minimum atomic E-state index is -0.600. The van der Waals surface area contributed by atoms with Crippen molar-refractivity contribution in [3.05, 3.63) is 33.4 Å². The molecular weight excluding hydrogens is 290 g/mol. The number of nitrogens with zero attached hydrogens (tertiary/aromatic N) is 2. The van der Waals surface area contributed by atoms with E-state index in [4.69, 9.17) is 5.73 Å². The molecule has 1 aromatic carbocycles. The molecule has 0 radical (unpaired) electrons. The normalized spacial score (nSPS) is 11.0. The zero-order valence-corrected chi connectivity index (χ0v) is 12.7. The molecule has 0 spiro atoms. The molecule has 22 heavy (non-hydrogen) atoms. The number of nitrogens with two attached hydrogens (primary N) is 1. The van der Waals surface area contributed by atoms with Crippen molar-refractivity contribution in [1.29, 1.82) is 0 Å². The van der Waals surface area contributed by atoms with Gasteiger partial charge >= 0.3 is 6.03 Å². The zero-order valence-electron chi connectivity index (χ0n) is 12.7. The maximum atomic E-state index is 11.9. The third-order valence-electron chi connectivity index (χ3n) is 2.93. The average Bonchev–Trinajstić information content (AvgIpc) is 2.46. The second kappa shape index (κ2) is 7.81. The molecule has 0 saturated heterocycles.